The largest absolute Gasteiger partial charge is 0.241 e. The Hall–Kier alpha value is -1.13. The average molecular weight is 239 g/mol. The van der Waals surface area contributed by atoms with Crippen LogP contribution in [0.1, 0.15) is 19.8 Å². The third-order valence-corrected chi connectivity index (χ3v) is 3.75. The van der Waals surface area contributed by atoms with Crippen LogP contribution in [-0.4, -0.2) is 14.5 Å². The van der Waals surface area contributed by atoms with E-state index >= 15 is 0 Å². The number of hydrogen-bond acceptors (Lipinski definition) is 2. The second-order valence-corrected chi connectivity index (χ2v) is 5.28. The van der Waals surface area contributed by atoms with Crippen molar-refractivity contribution < 1.29 is 8.42 Å². The van der Waals surface area contributed by atoms with Crippen molar-refractivity contribution in [1.29, 1.82) is 0 Å². The van der Waals surface area contributed by atoms with Crippen LogP contribution in [0.25, 0.3) is 0 Å². The molecule has 1 aromatic carbocycles. The molecule has 0 fully saturated rings. The minimum atomic E-state index is -3.42. The second-order valence-electron chi connectivity index (χ2n) is 3.57. The minimum Gasteiger partial charge on any atom is -0.207 e. The summed E-state index contributed by atoms with van der Waals surface area (Å²) in [7, 11) is -3.42. The molecular formula is C12H17NO2S. The van der Waals surface area contributed by atoms with Gasteiger partial charge in [-0.3, -0.25) is 0 Å². The van der Waals surface area contributed by atoms with Gasteiger partial charge in [0.15, 0.2) is 0 Å². The van der Waals surface area contributed by atoms with Crippen LogP contribution >= 0.6 is 0 Å². The summed E-state index contributed by atoms with van der Waals surface area (Å²) in [5, 5.41) is 0. The normalized spacial score (nSPS) is 13.3. The van der Waals surface area contributed by atoms with E-state index in [2.05, 4.69) is 11.3 Å². The van der Waals surface area contributed by atoms with E-state index in [1.54, 1.807) is 36.4 Å². The molecule has 1 rings (SSSR count). The van der Waals surface area contributed by atoms with Crippen molar-refractivity contribution in [3.63, 3.8) is 0 Å². The Balaban J connectivity index is 2.83. The molecule has 0 bridgehead atoms. The van der Waals surface area contributed by atoms with E-state index in [1.165, 1.54) is 0 Å². The molecule has 0 saturated carbocycles. The highest BCUT2D eigenvalue weighted by Crippen LogP contribution is 2.09. The molecule has 0 spiro atoms. The first kappa shape index (κ1) is 12.9. The molecule has 0 radical (unpaired) electrons. The second kappa shape index (κ2) is 5.82. The van der Waals surface area contributed by atoms with Gasteiger partial charge in [-0.1, -0.05) is 37.6 Å². The van der Waals surface area contributed by atoms with Gasteiger partial charge < -0.3 is 0 Å². The summed E-state index contributed by atoms with van der Waals surface area (Å²) >= 11 is 0. The van der Waals surface area contributed by atoms with Crippen LogP contribution in [0.15, 0.2) is 47.9 Å². The van der Waals surface area contributed by atoms with Gasteiger partial charge in [0.2, 0.25) is 10.0 Å². The Kier molecular flexibility index (Phi) is 4.71. The Morgan fingerprint density at radius 3 is 2.50 bits per heavy atom. The lowest BCUT2D eigenvalue weighted by molar-refractivity contribution is 0.560. The molecule has 0 heterocycles. The van der Waals surface area contributed by atoms with Crippen LogP contribution < -0.4 is 4.72 Å². The Morgan fingerprint density at radius 2 is 2.00 bits per heavy atom. The van der Waals surface area contributed by atoms with Crippen LogP contribution in [0.4, 0.5) is 0 Å². The number of rotatable bonds is 6. The van der Waals surface area contributed by atoms with Gasteiger partial charge in [0.1, 0.15) is 0 Å². The molecule has 3 nitrogen and oxygen atoms in total. The molecule has 88 valence electrons. The van der Waals surface area contributed by atoms with Gasteiger partial charge in [-0.25, -0.2) is 13.1 Å². The highest BCUT2D eigenvalue weighted by atomic mass is 32.2. The maximum absolute atomic E-state index is 11.9. The third-order valence-electron chi connectivity index (χ3n) is 2.24. The zero-order chi connectivity index (χ0) is 12.0. The van der Waals surface area contributed by atoms with Gasteiger partial charge in [-0.2, -0.15) is 0 Å². The van der Waals surface area contributed by atoms with E-state index in [-0.39, 0.29) is 10.9 Å². The summed E-state index contributed by atoms with van der Waals surface area (Å²) in [5.74, 6) is 0. The van der Waals surface area contributed by atoms with E-state index in [4.69, 9.17) is 0 Å². The molecule has 0 amide bonds. The van der Waals surface area contributed by atoms with Gasteiger partial charge in [0.25, 0.3) is 0 Å². The minimum absolute atomic E-state index is 0.199. The van der Waals surface area contributed by atoms with Crippen LogP contribution in [0.5, 0.6) is 0 Å². The van der Waals surface area contributed by atoms with Crippen molar-refractivity contribution in [3.8, 4) is 0 Å². The van der Waals surface area contributed by atoms with Gasteiger partial charge in [0, 0.05) is 6.04 Å². The Bertz CT molecular complexity index is 426. The number of benzene rings is 1. The van der Waals surface area contributed by atoms with E-state index in [0.29, 0.717) is 0 Å². The molecule has 0 unspecified atom stereocenters. The van der Waals surface area contributed by atoms with Crippen molar-refractivity contribution in [2.45, 2.75) is 30.7 Å². The van der Waals surface area contributed by atoms with E-state index in [9.17, 15) is 8.42 Å². The van der Waals surface area contributed by atoms with E-state index in [0.717, 1.165) is 12.8 Å². The predicted molar refractivity (Wildman–Crippen MR) is 65.7 cm³/mol. The molecule has 0 aliphatic carbocycles. The fourth-order valence-corrected chi connectivity index (χ4v) is 2.67. The van der Waals surface area contributed by atoms with Crippen LogP contribution in [0.3, 0.4) is 0 Å². The van der Waals surface area contributed by atoms with E-state index < -0.39 is 10.0 Å². The van der Waals surface area contributed by atoms with Crippen LogP contribution in [-0.2, 0) is 10.0 Å². The molecule has 16 heavy (non-hydrogen) atoms. The first-order valence-electron chi connectivity index (χ1n) is 5.30. The average Bonchev–Trinajstić information content (AvgIpc) is 2.29. The van der Waals surface area contributed by atoms with Crippen molar-refractivity contribution in [1.82, 2.24) is 4.72 Å². The van der Waals surface area contributed by atoms with Gasteiger partial charge in [-0.15, -0.1) is 6.58 Å². The molecule has 0 aliphatic heterocycles. The summed E-state index contributed by atoms with van der Waals surface area (Å²) in [6.07, 6.45) is 3.30. The van der Waals surface area contributed by atoms with Gasteiger partial charge in [0.05, 0.1) is 4.90 Å². The lowest BCUT2D eigenvalue weighted by Gasteiger charge is -2.13. The fourth-order valence-electron chi connectivity index (χ4n) is 1.40. The number of nitrogens with one attached hydrogen (secondary N) is 1. The predicted octanol–water partition coefficient (Wildman–Crippen LogP) is 2.32. The van der Waals surface area contributed by atoms with Crippen molar-refractivity contribution in [3.05, 3.63) is 43.0 Å². The molecule has 1 aromatic rings. The molecule has 1 N–H and O–H groups in total. The number of sulfonamides is 1. The summed E-state index contributed by atoms with van der Waals surface area (Å²) in [6.45, 7) is 5.64. The molecule has 0 aliphatic rings. The summed E-state index contributed by atoms with van der Waals surface area (Å²) in [6, 6.07) is 8.16. The van der Waals surface area contributed by atoms with Gasteiger partial charge in [-0.05, 0) is 18.6 Å². The standard InChI is InChI=1S/C12H17NO2S/c1-3-8-11(4-2)13-16(14,15)12-9-6-5-7-10-12/h4-7,9-11,13H,2-3,8H2,1H3/t11-/m1/s1. The molecule has 0 aromatic heterocycles. The summed E-state index contributed by atoms with van der Waals surface area (Å²) in [4.78, 5) is 0.290. The molecule has 4 heteroatoms. The van der Waals surface area contributed by atoms with Gasteiger partial charge >= 0.3 is 0 Å². The third kappa shape index (κ3) is 3.47. The Labute approximate surface area is 97.2 Å². The van der Waals surface area contributed by atoms with Crippen molar-refractivity contribution in [2.24, 2.45) is 0 Å². The van der Waals surface area contributed by atoms with E-state index in [1.807, 2.05) is 6.92 Å². The monoisotopic (exact) mass is 239 g/mol. The first-order valence-corrected chi connectivity index (χ1v) is 6.78. The highest BCUT2D eigenvalue weighted by molar-refractivity contribution is 7.89. The first-order chi connectivity index (χ1) is 7.60. The fraction of sp³-hybridized carbons (Fsp3) is 0.333. The SMILES string of the molecule is C=C[C@H](CCC)NS(=O)(=O)c1ccccc1. The maximum Gasteiger partial charge on any atom is 0.241 e. The highest BCUT2D eigenvalue weighted by Gasteiger charge is 2.16. The maximum atomic E-state index is 11.9. The molecule has 1 atom stereocenters. The van der Waals surface area contributed by atoms with Crippen LogP contribution in [0, 0.1) is 0 Å². The lowest BCUT2D eigenvalue weighted by Crippen LogP contribution is -2.33. The summed E-state index contributed by atoms with van der Waals surface area (Å²) < 4.78 is 26.4. The zero-order valence-corrected chi connectivity index (χ0v) is 10.2. The molecular weight excluding hydrogens is 222 g/mol. The topological polar surface area (TPSA) is 46.2 Å². The number of hydrogen-bond donors (Lipinski definition) is 1. The Morgan fingerprint density at radius 1 is 1.38 bits per heavy atom. The quantitative estimate of drug-likeness (QED) is 0.774. The zero-order valence-electron chi connectivity index (χ0n) is 9.39. The van der Waals surface area contributed by atoms with Crippen LogP contribution in [0.2, 0.25) is 0 Å². The summed E-state index contributed by atoms with van der Waals surface area (Å²) in [5.41, 5.74) is 0. The van der Waals surface area contributed by atoms with Crippen molar-refractivity contribution in [2.75, 3.05) is 0 Å². The van der Waals surface area contributed by atoms with Crippen molar-refractivity contribution >= 4 is 10.0 Å². The smallest absolute Gasteiger partial charge is 0.207 e. The molecule has 0 saturated heterocycles. The lowest BCUT2D eigenvalue weighted by atomic mass is 10.2.